The van der Waals surface area contributed by atoms with E-state index in [-0.39, 0.29) is 23.1 Å². The Labute approximate surface area is 134 Å². The lowest BCUT2D eigenvalue weighted by Crippen LogP contribution is -2.35. The van der Waals surface area contributed by atoms with Crippen LogP contribution in [-0.4, -0.2) is 51.7 Å². The molecular formula is C14H20N2O6S. The zero-order chi connectivity index (χ0) is 17.0. The topological polar surface area (TPSA) is 108 Å². The van der Waals surface area contributed by atoms with Crippen LogP contribution in [0.15, 0.2) is 18.2 Å². The quantitative estimate of drug-likeness (QED) is 0.581. The summed E-state index contributed by atoms with van der Waals surface area (Å²) in [6, 6.07) is 4.01. The molecule has 9 heteroatoms. The molecule has 0 saturated carbocycles. The first-order valence-corrected chi connectivity index (χ1v) is 9.23. The number of ether oxygens (including phenoxy) is 2. The van der Waals surface area contributed by atoms with Crippen LogP contribution in [0.25, 0.3) is 0 Å². The van der Waals surface area contributed by atoms with Crippen LogP contribution < -0.4 is 14.8 Å². The van der Waals surface area contributed by atoms with Crippen molar-refractivity contribution in [3.8, 4) is 11.5 Å². The maximum absolute atomic E-state index is 11.7. The zero-order valence-electron chi connectivity index (χ0n) is 13.0. The van der Waals surface area contributed by atoms with Crippen molar-refractivity contribution in [1.82, 2.24) is 5.32 Å². The van der Waals surface area contributed by atoms with Crippen molar-refractivity contribution in [2.24, 2.45) is 5.92 Å². The summed E-state index contributed by atoms with van der Waals surface area (Å²) in [7, 11) is -1.84. The van der Waals surface area contributed by atoms with E-state index in [4.69, 9.17) is 9.47 Å². The summed E-state index contributed by atoms with van der Waals surface area (Å²) in [6.07, 6.45) is 1.45. The minimum absolute atomic E-state index is 0.0598. The van der Waals surface area contributed by atoms with Crippen LogP contribution in [-0.2, 0) is 9.84 Å². The van der Waals surface area contributed by atoms with Gasteiger partial charge in [-0.15, -0.1) is 0 Å². The highest BCUT2D eigenvalue weighted by Gasteiger charge is 2.30. The number of methoxy groups -OCH3 is 1. The third-order valence-electron chi connectivity index (χ3n) is 3.73. The SMILES string of the molecule is COc1cc([N+](=O)[O-])ccc1O[C@H](CS(C)(=O)=O)C1CCNC1. The van der Waals surface area contributed by atoms with Gasteiger partial charge in [-0.2, -0.15) is 0 Å². The van der Waals surface area contributed by atoms with Crippen LogP contribution in [0, 0.1) is 16.0 Å². The highest BCUT2D eigenvalue weighted by molar-refractivity contribution is 7.90. The van der Waals surface area contributed by atoms with E-state index >= 15 is 0 Å². The molecule has 0 spiro atoms. The van der Waals surface area contributed by atoms with Crippen molar-refractivity contribution in [2.75, 3.05) is 32.2 Å². The summed E-state index contributed by atoms with van der Waals surface area (Å²) in [5.41, 5.74) is -0.114. The van der Waals surface area contributed by atoms with Crippen LogP contribution in [0.1, 0.15) is 6.42 Å². The van der Waals surface area contributed by atoms with E-state index in [1.807, 2.05) is 0 Å². The maximum Gasteiger partial charge on any atom is 0.273 e. The van der Waals surface area contributed by atoms with Gasteiger partial charge in [0.25, 0.3) is 5.69 Å². The molecule has 1 fully saturated rings. The van der Waals surface area contributed by atoms with Crippen molar-refractivity contribution in [1.29, 1.82) is 0 Å². The van der Waals surface area contributed by atoms with Crippen LogP contribution >= 0.6 is 0 Å². The van der Waals surface area contributed by atoms with Crippen LogP contribution in [0.3, 0.4) is 0 Å². The number of nitro benzene ring substituents is 1. The molecule has 2 atom stereocenters. The molecule has 0 aliphatic carbocycles. The molecule has 128 valence electrons. The third-order valence-corrected chi connectivity index (χ3v) is 4.66. The number of benzene rings is 1. The zero-order valence-corrected chi connectivity index (χ0v) is 13.8. The first kappa shape index (κ1) is 17.5. The molecule has 1 unspecified atom stereocenters. The van der Waals surface area contributed by atoms with Gasteiger partial charge in [0.05, 0.1) is 23.9 Å². The first-order chi connectivity index (χ1) is 10.8. The minimum Gasteiger partial charge on any atom is -0.493 e. The number of nitrogens with one attached hydrogen (secondary N) is 1. The molecule has 1 aliphatic rings. The van der Waals surface area contributed by atoms with Gasteiger partial charge in [0.15, 0.2) is 21.3 Å². The molecule has 0 bridgehead atoms. The van der Waals surface area contributed by atoms with E-state index in [0.29, 0.717) is 12.3 Å². The lowest BCUT2D eigenvalue weighted by atomic mass is 10.0. The molecule has 1 aromatic carbocycles. The molecule has 1 saturated heterocycles. The summed E-state index contributed by atoms with van der Waals surface area (Å²) in [5.74, 6) is 0.464. The largest absolute Gasteiger partial charge is 0.493 e. The molecule has 1 heterocycles. The molecule has 1 aliphatic heterocycles. The second-order valence-electron chi connectivity index (χ2n) is 5.59. The Morgan fingerprint density at radius 1 is 1.43 bits per heavy atom. The van der Waals surface area contributed by atoms with Gasteiger partial charge in [0.2, 0.25) is 0 Å². The number of non-ortho nitro benzene ring substituents is 1. The fourth-order valence-electron chi connectivity index (χ4n) is 2.59. The summed E-state index contributed by atoms with van der Waals surface area (Å²) < 4.78 is 34.3. The summed E-state index contributed by atoms with van der Waals surface area (Å²) in [5, 5.41) is 14.0. The van der Waals surface area contributed by atoms with E-state index < -0.39 is 20.9 Å². The van der Waals surface area contributed by atoms with E-state index in [0.717, 1.165) is 13.0 Å². The van der Waals surface area contributed by atoms with E-state index in [9.17, 15) is 18.5 Å². The van der Waals surface area contributed by atoms with Gasteiger partial charge in [0.1, 0.15) is 6.10 Å². The number of sulfone groups is 1. The number of rotatable bonds is 7. The Bertz CT molecular complexity index is 670. The molecule has 8 nitrogen and oxygen atoms in total. The van der Waals surface area contributed by atoms with Crippen molar-refractivity contribution < 1.29 is 22.8 Å². The predicted molar refractivity (Wildman–Crippen MR) is 84.8 cm³/mol. The Balaban J connectivity index is 2.26. The standard InChI is InChI=1S/C14H20N2O6S/c1-21-13-7-11(16(17)18)3-4-12(13)22-14(9-23(2,19)20)10-5-6-15-8-10/h3-4,7,10,14-15H,5-6,8-9H2,1-2H3/t10?,14-/m1/s1. The van der Waals surface area contributed by atoms with Gasteiger partial charge in [-0.25, -0.2) is 8.42 Å². The summed E-state index contributed by atoms with van der Waals surface area (Å²) in [6.45, 7) is 1.49. The predicted octanol–water partition coefficient (Wildman–Crippen LogP) is 1.00. The van der Waals surface area contributed by atoms with Crippen LogP contribution in [0.4, 0.5) is 5.69 Å². The number of nitro groups is 1. The number of hydrogen-bond donors (Lipinski definition) is 1. The van der Waals surface area contributed by atoms with E-state index in [1.165, 1.54) is 31.6 Å². The molecule has 0 radical (unpaired) electrons. The summed E-state index contributed by atoms with van der Waals surface area (Å²) >= 11 is 0. The van der Waals surface area contributed by atoms with Crippen molar-refractivity contribution in [3.05, 3.63) is 28.3 Å². The average molecular weight is 344 g/mol. The van der Waals surface area contributed by atoms with Crippen molar-refractivity contribution in [2.45, 2.75) is 12.5 Å². The maximum atomic E-state index is 11.7. The average Bonchev–Trinajstić information content (AvgIpc) is 2.99. The minimum atomic E-state index is -3.22. The Hall–Kier alpha value is -1.87. The summed E-state index contributed by atoms with van der Waals surface area (Å²) in [4.78, 5) is 10.3. The van der Waals surface area contributed by atoms with Gasteiger partial charge in [-0.1, -0.05) is 0 Å². The molecule has 1 aromatic rings. The van der Waals surface area contributed by atoms with E-state index in [2.05, 4.69) is 5.32 Å². The van der Waals surface area contributed by atoms with Crippen LogP contribution in [0.5, 0.6) is 11.5 Å². The fraction of sp³-hybridized carbons (Fsp3) is 0.571. The second kappa shape index (κ2) is 7.14. The highest BCUT2D eigenvalue weighted by atomic mass is 32.2. The van der Waals surface area contributed by atoms with Gasteiger partial charge in [0, 0.05) is 24.8 Å². The third kappa shape index (κ3) is 4.80. The smallest absolute Gasteiger partial charge is 0.273 e. The lowest BCUT2D eigenvalue weighted by Gasteiger charge is -2.24. The monoisotopic (exact) mass is 344 g/mol. The van der Waals surface area contributed by atoms with E-state index in [1.54, 1.807) is 0 Å². The molecule has 0 amide bonds. The fourth-order valence-corrected chi connectivity index (χ4v) is 3.53. The number of nitrogens with zero attached hydrogens (tertiary/aromatic N) is 1. The first-order valence-electron chi connectivity index (χ1n) is 7.17. The normalized spacial score (nSPS) is 19.3. The van der Waals surface area contributed by atoms with Gasteiger partial charge >= 0.3 is 0 Å². The molecule has 23 heavy (non-hydrogen) atoms. The van der Waals surface area contributed by atoms with Crippen molar-refractivity contribution in [3.63, 3.8) is 0 Å². The highest BCUT2D eigenvalue weighted by Crippen LogP contribution is 2.33. The Kier molecular flexibility index (Phi) is 5.42. The van der Waals surface area contributed by atoms with Crippen molar-refractivity contribution >= 4 is 15.5 Å². The van der Waals surface area contributed by atoms with Gasteiger partial charge in [-0.05, 0) is 19.0 Å². The molecule has 1 N–H and O–H groups in total. The van der Waals surface area contributed by atoms with Gasteiger partial charge < -0.3 is 14.8 Å². The molecular weight excluding hydrogens is 324 g/mol. The number of hydrogen-bond acceptors (Lipinski definition) is 7. The Morgan fingerprint density at radius 3 is 2.70 bits per heavy atom. The molecule has 2 rings (SSSR count). The molecule has 0 aromatic heterocycles. The Morgan fingerprint density at radius 2 is 2.17 bits per heavy atom. The van der Waals surface area contributed by atoms with Gasteiger partial charge in [-0.3, -0.25) is 10.1 Å². The second-order valence-corrected chi connectivity index (χ2v) is 7.78. The lowest BCUT2D eigenvalue weighted by molar-refractivity contribution is -0.385. The van der Waals surface area contributed by atoms with Crippen LogP contribution in [0.2, 0.25) is 0 Å².